The molecule has 3 rings (SSSR count). The first-order chi connectivity index (χ1) is 18.5. The van der Waals surface area contributed by atoms with Gasteiger partial charge in [0.25, 0.3) is 0 Å². The molecule has 0 aromatic carbocycles. The minimum Gasteiger partial charge on any atom is -0.394 e. The lowest BCUT2D eigenvalue weighted by atomic mass is 9.96. The fraction of sp³-hybridized carbons (Fsp3) is 1.00. The van der Waals surface area contributed by atoms with E-state index in [0.717, 1.165) is 12.8 Å². The van der Waals surface area contributed by atoms with Crippen molar-refractivity contribution in [2.24, 2.45) is 5.73 Å². The van der Waals surface area contributed by atoms with E-state index in [9.17, 15) is 46.0 Å². The lowest BCUT2D eigenvalue weighted by Gasteiger charge is -2.48. The molecule has 6 unspecified atom stereocenters. The van der Waals surface area contributed by atoms with Crippen LogP contribution in [0.4, 0.5) is 0 Å². The van der Waals surface area contributed by atoms with Gasteiger partial charge < -0.3 is 80.1 Å². The Balaban J connectivity index is 1.69. The molecule has 3 saturated heterocycles. The van der Waals surface area contributed by atoms with Crippen LogP contribution in [0.25, 0.3) is 0 Å². The van der Waals surface area contributed by atoms with E-state index < -0.39 is 105 Å². The molecule has 16 nitrogen and oxygen atoms in total. The van der Waals surface area contributed by atoms with E-state index in [0.29, 0.717) is 13.0 Å². The minimum atomic E-state index is -1.82. The van der Waals surface area contributed by atoms with Gasteiger partial charge in [-0.05, 0) is 32.7 Å². The maximum atomic E-state index is 10.9. The van der Waals surface area contributed by atoms with Crippen LogP contribution in [-0.2, 0) is 28.4 Å². The summed E-state index contributed by atoms with van der Waals surface area (Å²) in [6.07, 6.45) is -20.6. The van der Waals surface area contributed by atoms with Crippen LogP contribution in [0.1, 0.15) is 26.2 Å². The van der Waals surface area contributed by atoms with Crippen LogP contribution < -0.4 is 5.73 Å². The van der Waals surface area contributed by atoms with Crippen molar-refractivity contribution in [3.63, 3.8) is 0 Å². The average Bonchev–Trinajstić information content (AvgIpc) is 2.92. The summed E-state index contributed by atoms with van der Waals surface area (Å²) in [5.74, 6) is 0. The Kier molecular flexibility index (Phi) is 12.7. The Bertz CT molecular complexity index is 721. The van der Waals surface area contributed by atoms with Gasteiger partial charge in [-0.2, -0.15) is 0 Å². The monoisotopic (exact) mass is 573 g/mol. The fourth-order valence-electron chi connectivity index (χ4n) is 4.74. The highest BCUT2D eigenvalue weighted by Crippen LogP contribution is 2.32. The number of ether oxygens (including phenoxy) is 6. The maximum Gasteiger partial charge on any atom is 0.187 e. The first-order valence-corrected chi connectivity index (χ1v) is 13.1. The molecular formula is C23H43NO15. The molecule has 3 fully saturated rings. The van der Waals surface area contributed by atoms with Gasteiger partial charge in [-0.3, -0.25) is 0 Å². The first kappa shape index (κ1) is 32.9. The number of hydrogen-bond donors (Lipinski definition) is 10. The van der Waals surface area contributed by atoms with Gasteiger partial charge in [0.05, 0.1) is 19.3 Å². The second-order valence-electron chi connectivity index (χ2n) is 10.0. The van der Waals surface area contributed by atoms with E-state index in [1.807, 2.05) is 0 Å². The molecule has 39 heavy (non-hydrogen) atoms. The maximum absolute atomic E-state index is 10.9. The molecule has 3 aliphatic heterocycles. The SMILES string of the molecule is CC1O[C@@H](O[C@@H]2C(O)[C@H](O[C@@H]3C(CO)O[C@H](OCCCCCN)C(O)[C@H]3O)OC(CO)[C@H]2O)C(O)[C@@H](O)[C@H]1O. The smallest absolute Gasteiger partial charge is 0.187 e. The van der Waals surface area contributed by atoms with E-state index in [1.54, 1.807) is 0 Å². The number of rotatable bonds is 12. The summed E-state index contributed by atoms with van der Waals surface area (Å²) in [6.45, 7) is 0.723. The van der Waals surface area contributed by atoms with Crippen LogP contribution >= 0.6 is 0 Å². The summed E-state index contributed by atoms with van der Waals surface area (Å²) in [4.78, 5) is 0. The molecule has 0 aromatic heterocycles. The van der Waals surface area contributed by atoms with Crippen molar-refractivity contribution in [1.29, 1.82) is 0 Å². The van der Waals surface area contributed by atoms with Crippen molar-refractivity contribution in [3.8, 4) is 0 Å². The van der Waals surface area contributed by atoms with Gasteiger partial charge in [-0.15, -0.1) is 0 Å². The quantitative estimate of drug-likeness (QED) is 0.0976. The Morgan fingerprint density at radius 2 is 1.18 bits per heavy atom. The Labute approximate surface area is 225 Å². The Hall–Kier alpha value is -0.640. The summed E-state index contributed by atoms with van der Waals surface area (Å²) in [7, 11) is 0. The van der Waals surface area contributed by atoms with Gasteiger partial charge in [0.15, 0.2) is 18.9 Å². The molecule has 16 heteroatoms. The van der Waals surface area contributed by atoms with Crippen LogP contribution in [0, 0.1) is 0 Å². The molecule has 3 heterocycles. The molecule has 230 valence electrons. The molecule has 0 bridgehead atoms. The largest absolute Gasteiger partial charge is 0.394 e. The molecule has 0 aliphatic carbocycles. The van der Waals surface area contributed by atoms with Crippen LogP contribution in [0.3, 0.4) is 0 Å². The van der Waals surface area contributed by atoms with E-state index in [4.69, 9.17) is 34.2 Å². The van der Waals surface area contributed by atoms with Gasteiger partial charge in [-0.1, -0.05) is 0 Å². The highest BCUT2D eigenvalue weighted by molar-refractivity contribution is 4.96. The second kappa shape index (κ2) is 15.0. The van der Waals surface area contributed by atoms with Crippen molar-refractivity contribution in [2.45, 2.75) is 118 Å². The number of nitrogens with two attached hydrogens (primary N) is 1. The summed E-state index contributed by atoms with van der Waals surface area (Å²) in [5, 5.41) is 92.7. The third-order valence-corrected chi connectivity index (χ3v) is 7.16. The first-order valence-electron chi connectivity index (χ1n) is 13.1. The van der Waals surface area contributed by atoms with E-state index in [2.05, 4.69) is 0 Å². The highest BCUT2D eigenvalue weighted by Gasteiger charge is 2.53. The molecule has 0 saturated carbocycles. The van der Waals surface area contributed by atoms with Crippen LogP contribution in [0.15, 0.2) is 0 Å². The number of aliphatic hydroxyl groups is 9. The van der Waals surface area contributed by atoms with Crippen molar-refractivity contribution in [3.05, 3.63) is 0 Å². The summed E-state index contributed by atoms with van der Waals surface area (Å²) >= 11 is 0. The van der Waals surface area contributed by atoms with Gasteiger partial charge >= 0.3 is 0 Å². The Morgan fingerprint density at radius 3 is 1.82 bits per heavy atom. The highest BCUT2D eigenvalue weighted by atomic mass is 16.8. The Morgan fingerprint density at radius 1 is 0.590 bits per heavy atom. The molecular weight excluding hydrogens is 530 g/mol. The van der Waals surface area contributed by atoms with Gasteiger partial charge in [0.2, 0.25) is 0 Å². The van der Waals surface area contributed by atoms with Gasteiger partial charge in [0.1, 0.15) is 67.1 Å². The van der Waals surface area contributed by atoms with Crippen LogP contribution in [0.5, 0.6) is 0 Å². The second-order valence-corrected chi connectivity index (χ2v) is 10.0. The van der Waals surface area contributed by atoms with Crippen molar-refractivity contribution in [1.82, 2.24) is 0 Å². The lowest BCUT2D eigenvalue weighted by Crippen LogP contribution is -2.66. The molecule has 11 N–H and O–H groups in total. The van der Waals surface area contributed by atoms with E-state index in [1.165, 1.54) is 6.92 Å². The molecule has 0 amide bonds. The van der Waals surface area contributed by atoms with Gasteiger partial charge in [0, 0.05) is 6.61 Å². The minimum absolute atomic E-state index is 0.205. The fourth-order valence-corrected chi connectivity index (χ4v) is 4.74. The third-order valence-electron chi connectivity index (χ3n) is 7.16. The van der Waals surface area contributed by atoms with Gasteiger partial charge in [-0.25, -0.2) is 0 Å². The molecule has 3 aliphatic rings. The van der Waals surface area contributed by atoms with Crippen molar-refractivity contribution >= 4 is 0 Å². The predicted molar refractivity (Wildman–Crippen MR) is 126 cm³/mol. The van der Waals surface area contributed by atoms with Crippen molar-refractivity contribution in [2.75, 3.05) is 26.4 Å². The van der Waals surface area contributed by atoms with E-state index >= 15 is 0 Å². The van der Waals surface area contributed by atoms with Crippen molar-refractivity contribution < 1.29 is 74.4 Å². The standard InChI is InChI=1S/C23H43NO15/c1-9-12(27)14(29)16(31)22(35-9)39-20-13(28)10(7-25)36-23(18(20)33)38-19-11(8-26)37-21(17(32)15(19)30)34-6-4-2-3-5-24/h9-23,25-33H,2-8,24H2,1H3/t9?,10?,11?,12-,13+,14-,15+,16?,17?,18?,19+,20-,21-,22-,23-/m0/s1. The number of aliphatic hydroxyl groups excluding tert-OH is 9. The number of unbranched alkanes of at least 4 members (excludes halogenated alkanes) is 2. The molecule has 0 spiro atoms. The molecule has 0 radical (unpaired) electrons. The van der Waals surface area contributed by atoms with Crippen LogP contribution in [-0.4, -0.2) is 164 Å². The lowest BCUT2D eigenvalue weighted by molar-refractivity contribution is -0.379. The predicted octanol–water partition coefficient (Wildman–Crippen LogP) is -5.39. The summed E-state index contributed by atoms with van der Waals surface area (Å²) in [5.41, 5.74) is 5.45. The summed E-state index contributed by atoms with van der Waals surface area (Å²) < 4.78 is 33.2. The zero-order chi connectivity index (χ0) is 28.9. The topological polar surface area (TPSA) is 263 Å². The number of hydrogen-bond acceptors (Lipinski definition) is 16. The van der Waals surface area contributed by atoms with E-state index in [-0.39, 0.29) is 6.61 Å². The molecule has 0 aromatic rings. The zero-order valence-electron chi connectivity index (χ0n) is 21.7. The summed E-state index contributed by atoms with van der Waals surface area (Å²) in [6, 6.07) is 0. The molecule has 15 atom stereocenters. The van der Waals surface area contributed by atoms with Crippen LogP contribution in [0.2, 0.25) is 0 Å². The zero-order valence-corrected chi connectivity index (χ0v) is 21.7. The normalized spacial score (nSPS) is 47.3. The third kappa shape index (κ3) is 7.61. The average molecular weight is 574 g/mol.